The molecule has 2 aromatic rings. The first-order valence-electron chi connectivity index (χ1n) is 9.72. The molecule has 2 aromatic carbocycles. The van der Waals surface area contributed by atoms with Crippen LogP contribution in [0.2, 0.25) is 5.02 Å². The fourth-order valence-corrected chi connectivity index (χ4v) is 3.39. The number of hydrazine groups is 1. The molecule has 1 saturated heterocycles. The summed E-state index contributed by atoms with van der Waals surface area (Å²) in [7, 11) is 0. The Kier molecular flexibility index (Phi) is 7.25. The van der Waals surface area contributed by atoms with E-state index in [1.165, 1.54) is 6.07 Å². The highest BCUT2D eigenvalue weighted by Gasteiger charge is 2.37. The first-order chi connectivity index (χ1) is 14.8. The van der Waals surface area contributed by atoms with Crippen LogP contribution >= 0.6 is 11.6 Å². The normalized spacial score (nSPS) is 16.5. The molecule has 3 rings (SSSR count). The smallest absolute Gasteiger partial charge is 0.311 e. The summed E-state index contributed by atoms with van der Waals surface area (Å²) in [6.45, 7) is 1.33. The number of carbonyl (C=O) groups excluding carboxylic acids is 4. The van der Waals surface area contributed by atoms with Crippen LogP contribution in [0.3, 0.4) is 0 Å². The third-order valence-electron chi connectivity index (χ3n) is 4.84. The highest BCUT2D eigenvalue weighted by molar-refractivity contribution is 6.33. The maximum absolute atomic E-state index is 12.3. The minimum absolute atomic E-state index is 0.0457. The van der Waals surface area contributed by atoms with Gasteiger partial charge in [0, 0.05) is 6.42 Å². The lowest BCUT2D eigenvalue weighted by molar-refractivity contribution is -0.152. The number of benzene rings is 2. The molecule has 3 amide bonds. The summed E-state index contributed by atoms with van der Waals surface area (Å²) in [6.07, 6.45) is -0.121. The molecule has 1 aliphatic rings. The SMILES string of the molecule is C[C@H](NC(=O)COC(=O)[C@H]1CC(=O)N(NC(=O)c2ccccc2Cl)C1)c1ccccc1. The summed E-state index contributed by atoms with van der Waals surface area (Å²) in [5, 5.41) is 4.06. The van der Waals surface area contributed by atoms with Crippen molar-refractivity contribution in [2.45, 2.75) is 19.4 Å². The van der Waals surface area contributed by atoms with Crippen LogP contribution in [-0.2, 0) is 19.1 Å². The Balaban J connectivity index is 1.47. The van der Waals surface area contributed by atoms with Crippen molar-refractivity contribution in [3.8, 4) is 0 Å². The van der Waals surface area contributed by atoms with Gasteiger partial charge in [0.2, 0.25) is 5.91 Å². The molecule has 0 aromatic heterocycles. The third-order valence-corrected chi connectivity index (χ3v) is 5.17. The molecule has 0 bridgehead atoms. The van der Waals surface area contributed by atoms with E-state index in [1.54, 1.807) is 18.2 Å². The third kappa shape index (κ3) is 5.82. The Labute approximate surface area is 184 Å². The monoisotopic (exact) mass is 443 g/mol. The number of halogens is 1. The summed E-state index contributed by atoms with van der Waals surface area (Å²) < 4.78 is 5.07. The Bertz CT molecular complexity index is 982. The van der Waals surface area contributed by atoms with E-state index in [2.05, 4.69) is 10.7 Å². The van der Waals surface area contributed by atoms with Gasteiger partial charge in [-0.2, -0.15) is 0 Å². The highest BCUT2D eigenvalue weighted by Crippen LogP contribution is 2.19. The Hall–Kier alpha value is -3.39. The number of amides is 3. The summed E-state index contributed by atoms with van der Waals surface area (Å²) in [4.78, 5) is 48.9. The zero-order valence-corrected chi connectivity index (χ0v) is 17.6. The van der Waals surface area contributed by atoms with Crippen LogP contribution in [-0.4, -0.2) is 41.9 Å². The van der Waals surface area contributed by atoms with Gasteiger partial charge < -0.3 is 10.1 Å². The molecule has 0 saturated carbocycles. The van der Waals surface area contributed by atoms with Gasteiger partial charge in [0.25, 0.3) is 11.8 Å². The van der Waals surface area contributed by atoms with E-state index < -0.39 is 36.2 Å². The van der Waals surface area contributed by atoms with Gasteiger partial charge in [0.05, 0.1) is 29.1 Å². The maximum Gasteiger partial charge on any atom is 0.311 e. The number of esters is 1. The fraction of sp³-hybridized carbons (Fsp3) is 0.273. The minimum atomic E-state index is -0.779. The van der Waals surface area contributed by atoms with Crippen molar-refractivity contribution in [3.05, 3.63) is 70.7 Å². The molecule has 9 heteroatoms. The van der Waals surface area contributed by atoms with Crippen molar-refractivity contribution in [2.75, 3.05) is 13.2 Å². The molecule has 2 N–H and O–H groups in total. The summed E-state index contributed by atoms with van der Waals surface area (Å²) in [5.41, 5.74) is 3.59. The second-order valence-electron chi connectivity index (χ2n) is 7.13. The first kappa shape index (κ1) is 22.3. The van der Waals surface area contributed by atoms with E-state index in [9.17, 15) is 19.2 Å². The molecule has 31 heavy (non-hydrogen) atoms. The Morgan fingerprint density at radius 2 is 1.81 bits per heavy atom. The topological polar surface area (TPSA) is 105 Å². The predicted molar refractivity (Wildman–Crippen MR) is 113 cm³/mol. The maximum atomic E-state index is 12.3. The van der Waals surface area contributed by atoms with Crippen molar-refractivity contribution in [1.29, 1.82) is 0 Å². The molecule has 0 radical (unpaired) electrons. The van der Waals surface area contributed by atoms with Crippen LogP contribution < -0.4 is 10.7 Å². The summed E-state index contributed by atoms with van der Waals surface area (Å²) >= 11 is 5.99. The number of carbonyl (C=O) groups is 4. The molecular weight excluding hydrogens is 422 g/mol. The van der Waals surface area contributed by atoms with Crippen LogP contribution in [0.15, 0.2) is 54.6 Å². The van der Waals surface area contributed by atoms with Crippen molar-refractivity contribution >= 4 is 35.3 Å². The van der Waals surface area contributed by atoms with Crippen molar-refractivity contribution in [3.63, 3.8) is 0 Å². The van der Waals surface area contributed by atoms with Crippen LogP contribution in [0.1, 0.15) is 35.3 Å². The lowest BCUT2D eigenvalue weighted by Crippen LogP contribution is -2.43. The van der Waals surface area contributed by atoms with Crippen LogP contribution in [0, 0.1) is 5.92 Å². The van der Waals surface area contributed by atoms with E-state index >= 15 is 0 Å². The van der Waals surface area contributed by atoms with Crippen molar-refractivity contribution in [1.82, 2.24) is 15.8 Å². The van der Waals surface area contributed by atoms with E-state index in [0.29, 0.717) is 0 Å². The second-order valence-corrected chi connectivity index (χ2v) is 7.54. The Morgan fingerprint density at radius 1 is 1.13 bits per heavy atom. The van der Waals surface area contributed by atoms with Gasteiger partial charge in [-0.15, -0.1) is 0 Å². The number of rotatable bonds is 7. The highest BCUT2D eigenvalue weighted by atomic mass is 35.5. The molecule has 0 spiro atoms. The van der Waals surface area contributed by atoms with Crippen LogP contribution in [0.5, 0.6) is 0 Å². The second kappa shape index (κ2) is 10.1. The van der Waals surface area contributed by atoms with Gasteiger partial charge in [-0.3, -0.25) is 29.6 Å². The molecular formula is C22H22ClN3O5. The van der Waals surface area contributed by atoms with Crippen molar-refractivity contribution in [2.24, 2.45) is 5.92 Å². The van der Waals surface area contributed by atoms with Gasteiger partial charge in [0.15, 0.2) is 6.61 Å². The van der Waals surface area contributed by atoms with Crippen LogP contribution in [0.25, 0.3) is 0 Å². The van der Waals surface area contributed by atoms with Gasteiger partial charge in [-0.1, -0.05) is 54.1 Å². The summed E-state index contributed by atoms with van der Waals surface area (Å²) in [6, 6.07) is 15.6. The van der Waals surface area contributed by atoms with Gasteiger partial charge >= 0.3 is 5.97 Å². The lowest BCUT2D eigenvalue weighted by atomic mass is 10.1. The number of hydrogen-bond donors (Lipinski definition) is 2. The largest absolute Gasteiger partial charge is 0.455 e. The minimum Gasteiger partial charge on any atom is -0.455 e. The molecule has 162 valence electrons. The molecule has 2 atom stereocenters. The van der Waals surface area contributed by atoms with E-state index in [-0.39, 0.29) is 29.6 Å². The molecule has 0 unspecified atom stereocenters. The average molecular weight is 444 g/mol. The molecule has 1 aliphatic heterocycles. The number of nitrogens with zero attached hydrogens (tertiary/aromatic N) is 1. The zero-order chi connectivity index (χ0) is 22.4. The first-order valence-corrected chi connectivity index (χ1v) is 10.1. The molecule has 1 heterocycles. The quantitative estimate of drug-likeness (QED) is 0.638. The number of hydrogen-bond acceptors (Lipinski definition) is 5. The Morgan fingerprint density at radius 3 is 2.52 bits per heavy atom. The average Bonchev–Trinajstić information content (AvgIpc) is 3.13. The van der Waals surface area contributed by atoms with Gasteiger partial charge in [0.1, 0.15) is 0 Å². The molecule has 8 nitrogen and oxygen atoms in total. The van der Waals surface area contributed by atoms with Crippen LogP contribution in [0.4, 0.5) is 0 Å². The zero-order valence-electron chi connectivity index (χ0n) is 16.8. The van der Waals surface area contributed by atoms with Crippen molar-refractivity contribution < 1.29 is 23.9 Å². The van der Waals surface area contributed by atoms with E-state index in [1.807, 2.05) is 37.3 Å². The standard InChI is InChI=1S/C22H22ClN3O5/c1-14(15-7-3-2-4-8-15)24-19(27)13-31-22(30)16-11-20(28)26(12-16)25-21(29)17-9-5-6-10-18(17)23/h2-10,14,16H,11-13H2,1H3,(H,24,27)(H,25,29)/t14-,16-/m0/s1. The predicted octanol–water partition coefficient (Wildman–Crippen LogP) is 2.25. The lowest BCUT2D eigenvalue weighted by Gasteiger charge is -2.18. The molecule has 1 fully saturated rings. The summed E-state index contributed by atoms with van der Waals surface area (Å²) in [5.74, 6) is -2.88. The molecule has 0 aliphatic carbocycles. The van der Waals surface area contributed by atoms with Gasteiger partial charge in [-0.05, 0) is 24.6 Å². The van der Waals surface area contributed by atoms with E-state index in [0.717, 1.165) is 10.6 Å². The van der Waals surface area contributed by atoms with E-state index in [4.69, 9.17) is 16.3 Å². The van der Waals surface area contributed by atoms with Gasteiger partial charge in [-0.25, -0.2) is 0 Å². The number of ether oxygens (including phenoxy) is 1. The number of nitrogens with one attached hydrogen (secondary N) is 2. The fourth-order valence-electron chi connectivity index (χ4n) is 3.16.